The number of carbonyl (C=O) groups excluding carboxylic acids is 1. The molecular formula is C31H35N5O. The van der Waals surface area contributed by atoms with Crippen LogP contribution in [0.4, 0.5) is 11.4 Å². The number of aromatic amines is 1. The fourth-order valence-corrected chi connectivity index (χ4v) is 6.01. The van der Waals surface area contributed by atoms with E-state index in [9.17, 15) is 4.79 Å². The van der Waals surface area contributed by atoms with Gasteiger partial charge in [-0.15, -0.1) is 0 Å². The first-order chi connectivity index (χ1) is 18.2. The molecule has 2 aliphatic rings. The smallest absolute Gasteiger partial charge is 0.239 e. The number of aromatic nitrogens is 1. The average Bonchev–Trinajstić information content (AvgIpc) is 3.43. The van der Waals surface area contributed by atoms with E-state index in [4.69, 9.17) is 0 Å². The first-order valence-electron chi connectivity index (χ1n) is 13.4. The van der Waals surface area contributed by atoms with Crippen molar-refractivity contribution < 1.29 is 4.79 Å². The van der Waals surface area contributed by atoms with Gasteiger partial charge in [0.25, 0.3) is 0 Å². The predicted octanol–water partition coefficient (Wildman–Crippen LogP) is 4.96. The first-order valence-corrected chi connectivity index (χ1v) is 13.4. The van der Waals surface area contributed by atoms with E-state index in [2.05, 4.69) is 93.0 Å². The number of piperazine rings is 1. The number of anilines is 2. The molecule has 0 spiro atoms. The molecule has 6 nitrogen and oxygen atoms in total. The highest BCUT2D eigenvalue weighted by Gasteiger charge is 2.37. The van der Waals surface area contributed by atoms with Crippen LogP contribution >= 0.6 is 0 Å². The fraction of sp³-hybridized carbons (Fsp3) is 0.323. The maximum Gasteiger partial charge on any atom is 0.239 e. The Hall–Kier alpha value is -3.77. The molecule has 2 unspecified atom stereocenters. The number of benzene rings is 3. The van der Waals surface area contributed by atoms with Gasteiger partial charge in [0, 0.05) is 54.7 Å². The van der Waals surface area contributed by atoms with Crippen LogP contribution in [0.2, 0.25) is 0 Å². The van der Waals surface area contributed by atoms with E-state index >= 15 is 0 Å². The van der Waals surface area contributed by atoms with E-state index in [1.165, 1.54) is 16.6 Å². The molecule has 2 aliphatic heterocycles. The van der Waals surface area contributed by atoms with Gasteiger partial charge in [-0.25, -0.2) is 0 Å². The number of para-hydroxylation sites is 1. The fourth-order valence-electron chi connectivity index (χ4n) is 6.01. The number of hydrogen-bond donors (Lipinski definition) is 3. The SMILES string of the molecule is C[C@H](NC(=O)C(C1CCc2ccccc2N1)N1CCN(c2cccc3[nH]ccc23)CC1)c1ccccc1. The number of nitrogens with one attached hydrogen (secondary N) is 3. The van der Waals surface area contributed by atoms with E-state index in [0.717, 1.165) is 55.8 Å². The van der Waals surface area contributed by atoms with Gasteiger partial charge in [0.2, 0.25) is 5.91 Å². The van der Waals surface area contributed by atoms with Crippen LogP contribution in [0.3, 0.4) is 0 Å². The summed E-state index contributed by atoms with van der Waals surface area (Å²) in [5.41, 5.74) is 6.05. The number of rotatable bonds is 6. The Balaban J connectivity index is 1.22. The van der Waals surface area contributed by atoms with E-state index in [1.54, 1.807) is 0 Å². The third-order valence-electron chi connectivity index (χ3n) is 8.01. The molecule has 4 aromatic rings. The van der Waals surface area contributed by atoms with Crippen molar-refractivity contribution in [2.45, 2.75) is 37.9 Å². The maximum absolute atomic E-state index is 13.9. The Labute approximate surface area is 218 Å². The second kappa shape index (κ2) is 10.3. The number of nitrogens with zero attached hydrogens (tertiary/aromatic N) is 2. The minimum Gasteiger partial charge on any atom is -0.380 e. The zero-order valence-corrected chi connectivity index (χ0v) is 21.4. The van der Waals surface area contributed by atoms with E-state index in [1.807, 2.05) is 24.4 Å². The molecular weight excluding hydrogens is 458 g/mol. The summed E-state index contributed by atoms with van der Waals surface area (Å²) in [7, 11) is 0. The zero-order chi connectivity index (χ0) is 25.2. The Morgan fingerprint density at radius 2 is 1.70 bits per heavy atom. The number of carbonyl (C=O) groups is 1. The molecule has 0 aliphatic carbocycles. The summed E-state index contributed by atoms with van der Waals surface area (Å²) in [5.74, 6) is 0.106. The van der Waals surface area contributed by atoms with Crippen molar-refractivity contribution in [3.05, 3.63) is 96.2 Å². The maximum atomic E-state index is 13.9. The lowest BCUT2D eigenvalue weighted by Crippen LogP contribution is -2.61. The quantitative estimate of drug-likeness (QED) is 0.355. The normalized spacial score (nSPS) is 19.6. The number of H-pyrrole nitrogens is 1. The average molecular weight is 494 g/mol. The molecule has 1 aromatic heterocycles. The summed E-state index contributed by atoms with van der Waals surface area (Å²) in [6, 6.07) is 27.1. The minimum absolute atomic E-state index is 0.0421. The monoisotopic (exact) mass is 493 g/mol. The molecule has 6 heteroatoms. The lowest BCUT2D eigenvalue weighted by Gasteiger charge is -2.44. The summed E-state index contributed by atoms with van der Waals surface area (Å²) in [5, 5.41) is 8.33. The van der Waals surface area contributed by atoms with Gasteiger partial charge in [-0.3, -0.25) is 9.69 Å². The lowest BCUT2D eigenvalue weighted by atomic mass is 9.91. The minimum atomic E-state index is -0.232. The van der Waals surface area contributed by atoms with Gasteiger partial charge in [-0.2, -0.15) is 0 Å². The number of fused-ring (bicyclic) bond motifs is 2. The van der Waals surface area contributed by atoms with Gasteiger partial charge < -0.3 is 20.5 Å². The van der Waals surface area contributed by atoms with Crippen molar-refractivity contribution in [2.75, 3.05) is 36.4 Å². The summed E-state index contributed by atoms with van der Waals surface area (Å²) in [6.45, 7) is 5.55. The van der Waals surface area contributed by atoms with Crippen LogP contribution in [-0.4, -0.2) is 54.1 Å². The van der Waals surface area contributed by atoms with Gasteiger partial charge >= 0.3 is 0 Å². The summed E-state index contributed by atoms with van der Waals surface area (Å²) in [4.78, 5) is 22.1. The molecule has 0 saturated carbocycles. The first kappa shape index (κ1) is 23.6. The van der Waals surface area contributed by atoms with Gasteiger partial charge in [-0.05, 0) is 55.2 Å². The van der Waals surface area contributed by atoms with Gasteiger partial charge in [0.15, 0.2) is 0 Å². The van der Waals surface area contributed by atoms with Crippen molar-refractivity contribution in [3.63, 3.8) is 0 Å². The molecule has 0 bridgehead atoms. The Kier molecular flexibility index (Phi) is 6.58. The number of hydrogen-bond acceptors (Lipinski definition) is 4. The van der Waals surface area contributed by atoms with Crippen molar-refractivity contribution >= 4 is 28.2 Å². The third kappa shape index (κ3) is 4.81. The Morgan fingerprint density at radius 1 is 0.919 bits per heavy atom. The van der Waals surface area contributed by atoms with Crippen LogP contribution in [0.15, 0.2) is 85.1 Å². The van der Waals surface area contributed by atoms with E-state index < -0.39 is 0 Å². The van der Waals surface area contributed by atoms with Gasteiger partial charge in [0.1, 0.15) is 6.04 Å². The van der Waals surface area contributed by atoms with Gasteiger partial charge in [-0.1, -0.05) is 54.6 Å². The van der Waals surface area contributed by atoms with E-state index in [0.29, 0.717) is 0 Å². The molecule has 3 aromatic carbocycles. The van der Waals surface area contributed by atoms with Crippen molar-refractivity contribution in [1.29, 1.82) is 0 Å². The molecule has 1 saturated heterocycles. The Morgan fingerprint density at radius 3 is 2.54 bits per heavy atom. The molecule has 0 radical (unpaired) electrons. The van der Waals surface area contributed by atoms with Crippen LogP contribution in [-0.2, 0) is 11.2 Å². The van der Waals surface area contributed by atoms with Crippen LogP contribution in [0, 0.1) is 0 Å². The predicted molar refractivity (Wildman–Crippen MR) is 151 cm³/mol. The van der Waals surface area contributed by atoms with Crippen LogP contribution in [0.25, 0.3) is 10.9 Å². The highest BCUT2D eigenvalue weighted by Crippen LogP contribution is 2.30. The molecule has 190 valence electrons. The zero-order valence-electron chi connectivity index (χ0n) is 21.4. The number of amides is 1. The van der Waals surface area contributed by atoms with Gasteiger partial charge in [0.05, 0.1) is 12.1 Å². The van der Waals surface area contributed by atoms with Crippen molar-refractivity contribution in [1.82, 2.24) is 15.2 Å². The lowest BCUT2D eigenvalue weighted by molar-refractivity contribution is -0.128. The van der Waals surface area contributed by atoms with Crippen LogP contribution in [0.1, 0.15) is 30.5 Å². The number of aryl methyl sites for hydroxylation is 1. The van der Waals surface area contributed by atoms with Crippen LogP contribution in [0.5, 0.6) is 0 Å². The third-order valence-corrected chi connectivity index (χ3v) is 8.01. The molecule has 1 fully saturated rings. The molecule has 6 rings (SSSR count). The molecule has 1 amide bonds. The van der Waals surface area contributed by atoms with Crippen molar-refractivity contribution in [3.8, 4) is 0 Å². The molecule has 3 atom stereocenters. The summed E-state index contributed by atoms with van der Waals surface area (Å²) in [6.07, 6.45) is 3.93. The Bertz CT molecular complexity index is 1360. The summed E-state index contributed by atoms with van der Waals surface area (Å²) < 4.78 is 0. The van der Waals surface area contributed by atoms with Crippen LogP contribution < -0.4 is 15.5 Å². The van der Waals surface area contributed by atoms with Crippen molar-refractivity contribution in [2.24, 2.45) is 0 Å². The highest BCUT2D eigenvalue weighted by atomic mass is 16.2. The molecule has 3 heterocycles. The largest absolute Gasteiger partial charge is 0.380 e. The standard InChI is InChI=1S/C31H35N5O/c1-22(23-8-3-2-4-9-23)33-31(37)30(28-15-14-24-10-5-6-11-26(24)34-28)36-20-18-35(19-21-36)29-13-7-12-27-25(29)16-17-32-27/h2-13,16-17,22,28,30,32,34H,14-15,18-21H2,1H3,(H,33,37)/t22-,28?,30?/m0/s1. The molecule has 37 heavy (non-hydrogen) atoms. The highest BCUT2D eigenvalue weighted by molar-refractivity contribution is 5.92. The summed E-state index contributed by atoms with van der Waals surface area (Å²) >= 11 is 0. The topological polar surface area (TPSA) is 63.4 Å². The van der Waals surface area contributed by atoms with E-state index in [-0.39, 0.29) is 24.0 Å². The second-order valence-electron chi connectivity index (χ2n) is 10.3. The molecule has 3 N–H and O–H groups in total. The second-order valence-corrected chi connectivity index (χ2v) is 10.3.